The summed E-state index contributed by atoms with van der Waals surface area (Å²) in [6.45, 7) is 0.517. The number of cyclic esters (lactones) is 1. The van der Waals surface area contributed by atoms with Crippen molar-refractivity contribution < 1.29 is 14.3 Å². The molecule has 3 nitrogen and oxygen atoms in total. The van der Waals surface area contributed by atoms with Crippen LogP contribution in [0.15, 0.2) is 0 Å². The normalized spacial score (nSPS) is 27.8. The van der Waals surface area contributed by atoms with Crippen LogP contribution in [0, 0.1) is 5.92 Å². The molecule has 0 aromatic heterocycles. The van der Waals surface area contributed by atoms with Crippen LogP contribution in [0.5, 0.6) is 0 Å². The molecule has 0 aromatic carbocycles. The maximum atomic E-state index is 11.0. The quantitative estimate of drug-likeness (QED) is 0.470. The molecular weight excluding hydrogens is 168 g/mol. The molecule has 1 aliphatic heterocycles. The van der Waals surface area contributed by atoms with Crippen LogP contribution in [0.3, 0.4) is 0 Å². The van der Waals surface area contributed by atoms with Gasteiger partial charge in [0.2, 0.25) is 0 Å². The van der Waals surface area contributed by atoms with Gasteiger partial charge in [0.1, 0.15) is 5.56 Å². The van der Waals surface area contributed by atoms with Gasteiger partial charge in [-0.2, -0.15) is 0 Å². The Bertz CT molecular complexity index is 149. The molecule has 1 heterocycles. The Kier molecular flexibility index (Phi) is 3.15. The van der Waals surface area contributed by atoms with Gasteiger partial charge in [-0.3, -0.25) is 4.79 Å². The fraction of sp³-hybridized carbons (Fsp3) is 0.857. The molecule has 11 heavy (non-hydrogen) atoms. The zero-order valence-electron chi connectivity index (χ0n) is 6.38. The summed E-state index contributed by atoms with van der Waals surface area (Å²) in [7, 11) is 1.49. The highest BCUT2D eigenvalue weighted by atomic mass is 35.5. The highest BCUT2D eigenvalue weighted by molar-refractivity contribution is 6.21. The van der Waals surface area contributed by atoms with Crippen molar-refractivity contribution in [1.82, 2.24) is 0 Å². The molecule has 0 aliphatic carbocycles. The van der Waals surface area contributed by atoms with E-state index < -0.39 is 5.56 Å². The number of hydrogen-bond acceptors (Lipinski definition) is 3. The molecule has 0 radical (unpaired) electrons. The number of methoxy groups -OCH3 is 1. The van der Waals surface area contributed by atoms with Gasteiger partial charge < -0.3 is 9.47 Å². The number of rotatable bonds is 2. The topological polar surface area (TPSA) is 35.5 Å². The standard InChI is InChI=1S/C7H11ClO3/c1-10-6(8)5-3-2-4-11-7(5)9/h5-6H,2-4H2,1H3. The van der Waals surface area contributed by atoms with Crippen molar-refractivity contribution in [3.63, 3.8) is 0 Å². The molecule has 64 valence electrons. The molecule has 4 heteroatoms. The van der Waals surface area contributed by atoms with Crippen LogP contribution < -0.4 is 0 Å². The molecule has 0 aromatic rings. The molecule has 0 saturated carbocycles. The van der Waals surface area contributed by atoms with E-state index in [2.05, 4.69) is 0 Å². The van der Waals surface area contributed by atoms with E-state index in [1.807, 2.05) is 0 Å². The summed E-state index contributed by atoms with van der Waals surface area (Å²) in [6.07, 6.45) is 1.64. The van der Waals surface area contributed by atoms with Gasteiger partial charge >= 0.3 is 5.97 Å². The number of hydrogen-bond donors (Lipinski definition) is 0. The van der Waals surface area contributed by atoms with Crippen LogP contribution in [0.1, 0.15) is 12.8 Å². The summed E-state index contributed by atoms with van der Waals surface area (Å²) in [6, 6.07) is 0. The number of halogens is 1. The fourth-order valence-corrected chi connectivity index (χ4v) is 1.33. The van der Waals surface area contributed by atoms with Crippen molar-refractivity contribution >= 4 is 17.6 Å². The predicted molar refractivity (Wildman–Crippen MR) is 40.3 cm³/mol. The van der Waals surface area contributed by atoms with E-state index >= 15 is 0 Å². The highest BCUT2D eigenvalue weighted by Crippen LogP contribution is 2.22. The lowest BCUT2D eigenvalue weighted by molar-refractivity contribution is -0.156. The number of carbonyl (C=O) groups excluding carboxylic acids is 1. The number of carbonyl (C=O) groups is 1. The summed E-state index contributed by atoms with van der Waals surface area (Å²) in [5.41, 5.74) is -0.539. The Labute approximate surface area is 70.6 Å². The lowest BCUT2D eigenvalue weighted by Crippen LogP contribution is -2.31. The molecule has 1 fully saturated rings. The monoisotopic (exact) mass is 178 g/mol. The second-order valence-electron chi connectivity index (χ2n) is 2.50. The maximum Gasteiger partial charge on any atom is 0.312 e. The van der Waals surface area contributed by atoms with Gasteiger partial charge in [0, 0.05) is 7.11 Å². The Balaban J connectivity index is 2.47. The zero-order chi connectivity index (χ0) is 8.27. The van der Waals surface area contributed by atoms with Crippen molar-refractivity contribution in [2.45, 2.75) is 18.4 Å². The largest absolute Gasteiger partial charge is 0.465 e. The maximum absolute atomic E-state index is 11.0. The first-order chi connectivity index (χ1) is 5.25. The van der Waals surface area contributed by atoms with Crippen molar-refractivity contribution in [3.05, 3.63) is 0 Å². The van der Waals surface area contributed by atoms with Crippen molar-refractivity contribution in [3.8, 4) is 0 Å². The lowest BCUT2D eigenvalue weighted by Gasteiger charge is -2.23. The van der Waals surface area contributed by atoms with Crippen LogP contribution >= 0.6 is 11.6 Å². The first-order valence-corrected chi connectivity index (χ1v) is 4.03. The van der Waals surface area contributed by atoms with E-state index in [0.717, 1.165) is 12.8 Å². The summed E-state index contributed by atoms with van der Waals surface area (Å²) in [5.74, 6) is -0.520. The Morgan fingerprint density at radius 1 is 1.82 bits per heavy atom. The molecule has 1 rings (SSSR count). The van der Waals surface area contributed by atoms with Gasteiger partial charge in [0.25, 0.3) is 0 Å². The lowest BCUT2D eigenvalue weighted by atomic mass is 10.0. The number of esters is 1. The fourth-order valence-electron chi connectivity index (χ4n) is 1.10. The van der Waals surface area contributed by atoms with Gasteiger partial charge in [-0.05, 0) is 12.8 Å². The van der Waals surface area contributed by atoms with Gasteiger partial charge in [0.05, 0.1) is 12.5 Å². The van der Waals surface area contributed by atoms with Crippen LogP contribution in [0.2, 0.25) is 0 Å². The van der Waals surface area contributed by atoms with E-state index in [-0.39, 0.29) is 11.9 Å². The Morgan fingerprint density at radius 2 is 2.55 bits per heavy atom. The molecule has 1 aliphatic rings. The zero-order valence-corrected chi connectivity index (χ0v) is 7.13. The van der Waals surface area contributed by atoms with Crippen LogP contribution in [0.4, 0.5) is 0 Å². The molecule has 0 N–H and O–H groups in total. The SMILES string of the molecule is COC(Cl)C1CCCOC1=O. The van der Waals surface area contributed by atoms with Crippen LogP contribution in [-0.4, -0.2) is 25.2 Å². The Hall–Kier alpha value is -0.280. The van der Waals surface area contributed by atoms with E-state index in [4.69, 9.17) is 21.1 Å². The second kappa shape index (κ2) is 3.93. The minimum Gasteiger partial charge on any atom is -0.465 e. The van der Waals surface area contributed by atoms with E-state index in [0.29, 0.717) is 6.61 Å². The average Bonchev–Trinajstić information content (AvgIpc) is 2.04. The summed E-state index contributed by atoms with van der Waals surface area (Å²) in [5, 5.41) is 0. The molecular formula is C7H11ClO3. The molecule has 1 saturated heterocycles. The van der Waals surface area contributed by atoms with Crippen molar-refractivity contribution in [1.29, 1.82) is 0 Å². The molecule has 0 bridgehead atoms. The first-order valence-electron chi connectivity index (χ1n) is 3.59. The molecule has 0 amide bonds. The minimum absolute atomic E-state index is 0.238. The van der Waals surface area contributed by atoms with Gasteiger partial charge in [-0.15, -0.1) is 0 Å². The van der Waals surface area contributed by atoms with E-state index in [1.54, 1.807) is 0 Å². The minimum atomic E-state index is -0.539. The summed E-state index contributed by atoms with van der Waals surface area (Å²) in [4.78, 5) is 11.0. The molecule has 0 spiro atoms. The molecule has 2 unspecified atom stereocenters. The summed E-state index contributed by atoms with van der Waals surface area (Å²) >= 11 is 5.72. The highest BCUT2D eigenvalue weighted by Gasteiger charge is 2.30. The third-order valence-electron chi connectivity index (χ3n) is 1.75. The van der Waals surface area contributed by atoms with Gasteiger partial charge in [-0.25, -0.2) is 0 Å². The third-order valence-corrected chi connectivity index (χ3v) is 2.23. The van der Waals surface area contributed by atoms with Crippen molar-refractivity contribution in [2.24, 2.45) is 5.92 Å². The van der Waals surface area contributed by atoms with Gasteiger partial charge in [0.15, 0.2) is 0 Å². The molecule has 2 atom stereocenters. The van der Waals surface area contributed by atoms with Gasteiger partial charge in [-0.1, -0.05) is 11.6 Å². The second-order valence-corrected chi connectivity index (χ2v) is 2.93. The van der Waals surface area contributed by atoms with Crippen LogP contribution in [-0.2, 0) is 14.3 Å². The number of ether oxygens (including phenoxy) is 2. The van der Waals surface area contributed by atoms with E-state index in [1.165, 1.54) is 7.11 Å². The smallest absolute Gasteiger partial charge is 0.312 e. The third kappa shape index (κ3) is 2.07. The summed E-state index contributed by atoms with van der Waals surface area (Å²) < 4.78 is 9.63. The predicted octanol–water partition coefficient (Wildman–Crippen LogP) is 1.15. The first kappa shape index (κ1) is 8.81. The number of alkyl halides is 1. The van der Waals surface area contributed by atoms with E-state index in [9.17, 15) is 4.79 Å². The Morgan fingerprint density at radius 3 is 3.09 bits per heavy atom. The van der Waals surface area contributed by atoms with Crippen LogP contribution in [0.25, 0.3) is 0 Å². The van der Waals surface area contributed by atoms with Crippen molar-refractivity contribution in [2.75, 3.05) is 13.7 Å². The average molecular weight is 179 g/mol.